The first-order valence-electron chi connectivity index (χ1n) is 7.00. The summed E-state index contributed by atoms with van der Waals surface area (Å²) < 4.78 is 0. The Bertz CT molecular complexity index is 348. The first kappa shape index (κ1) is 19.1. The van der Waals surface area contributed by atoms with Crippen LogP contribution in [0.2, 0.25) is 0 Å². The van der Waals surface area contributed by atoms with Gasteiger partial charge in [0.05, 0.1) is 11.2 Å². The first-order valence-corrected chi connectivity index (χ1v) is 7.00. The molecule has 0 saturated carbocycles. The highest BCUT2D eigenvalue weighted by atomic mass is 17.2. The molecular formula is C16H29O4. The van der Waals surface area contributed by atoms with Crippen molar-refractivity contribution < 1.29 is 19.7 Å². The van der Waals surface area contributed by atoms with Gasteiger partial charge in [-0.05, 0) is 52.4 Å². The Morgan fingerprint density at radius 3 is 1.80 bits per heavy atom. The fraction of sp³-hybridized carbons (Fsp3) is 0.812. The normalized spacial score (nSPS) is 13.3. The Balaban J connectivity index is 4.34. The SMILES string of the molecule is C=C(CCC(C)(C)OOC(C)(C)CC(C)(C)C)C([O])=O. The molecule has 0 aliphatic carbocycles. The van der Waals surface area contributed by atoms with Crippen molar-refractivity contribution in [3.05, 3.63) is 12.2 Å². The second-order valence-corrected chi connectivity index (χ2v) is 7.81. The molecule has 0 heterocycles. The summed E-state index contributed by atoms with van der Waals surface area (Å²) in [7, 11) is 0. The molecule has 0 aromatic heterocycles. The van der Waals surface area contributed by atoms with Crippen LogP contribution in [0.15, 0.2) is 12.2 Å². The summed E-state index contributed by atoms with van der Waals surface area (Å²) in [6.45, 7) is 17.6. The molecule has 0 aliphatic rings. The third-order valence-electron chi connectivity index (χ3n) is 2.77. The van der Waals surface area contributed by atoms with Gasteiger partial charge in [-0.2, -0.15) is 0 Å². The van der Waals surface area contributed by atoms with Gasteiger partial charge >= 0.3 is 5.97 Å². The Morgan fingerprint density at radius 1 is 0.950 bits per heavy atom. The number of carbonyl (C=O) groups is 1. The predicted octanol–water partition coefficient (Wildman–Crippen LogP) is 4.22. The average molecular weight is 285 g/mol. The lowest BCUT2D eigenvalue weighted by Crippen LogP contribution is -2.35. The smallest absolute Gasteiger partial charge is 0.242 e. The van der Waals surface area contributed by atoms with Crippen LogP contribution in [0.3, 0.4) is 0 Å². The Morgan fingerprint density at radius 2 is 1.40 bits per heavy atom. The van der Waals surface area contributed by atoms with Gasteiger partial charge in [-0.15, -0.1) is 0 Å². The quantitative estimate of drug-likeness (QED) is 0.381. The molecule has 117 valence electrons. The van der Waals surface area contributed by atoms with E-state index in [0.717, 1.165) is 6.42 Å². The largest absolute Gasteiger partial charge is 0.381 e. The molecule has 0 rings (SSSR count). The molecule has 0 aromatic carbocycles. The summed E-state index contributed by atoms with van der Waals surface area (Å²) >= 11 is 0. The summed E-state index contributed by atoms with van der Waals surface area (Å²) in [5.41, 5.74) is -0.759. The van der Waals surface area contributed by atoms with Crippen molar-refractivity contribution in [1.82, 2.24) is 0 Å². The second-order valence-electron chi connectivity index (χ2n) is 7.81. The van der Waals surface area contributed by atoms with Crippen LogP contribution >= 0.6 is 0 Å². The third-order valence-corrected chi connectivity index (χ3v) is 2.77. The monoisotopic (exact) mass is 285 g/mol. The number of carbonyl (C=O) groups excluding carboxylic acids is 1. The van der Waals surface area contributed by atoms with Crippen molar-refractivity contribution in [1.29, 1.82) is 0 Å². The van der Waals surface area contributed by atoms with E-state index in [-0.39, 0.29) is 11.0 Å². The van der Waals surface area contributed by atoms with E-state index in [1.807, 2.05) is 27.7 Å². The van der Waals surface area contributed by atoms with Gasteiger partial charge in [-0.3, -0.25) is 0 Å². The maximum absolute atomic E-state index is 10.6. The van der Waals surface area contributed by atoms with E-state index in [1.54, 1.807) is 0 Å². The molecule has 4 nitrogen and oxygen atoms in total. The van der Waals surface area contributed by atoms with E-state index in [1.165, 1.54) is 0 Å². The van der Waals surface area contributed by atoms with Gasteiger partial charge < -0.3 is 0 Å². The maximum Gasteiger partial charge on any atom is 0.381 e. The number of rotatable bonds is 8. The van der Waals surface area contributed by atoms with E-state index in [4.69, 9.17) is 9.78 Å². The Hall–Kier alpha value is -0.870. The Labute approximate surface area is 123 Å². The second kappa shape index (κ2) is 6.72. The summed E-state index contributed by atoms with van der Waals surface area (Å²) in [5.74, 6) is -1.21. The van der Waals surface area contributed by atoms with Crippen LogP contribution < -0.4 is 0 Å². The van der Waals surface area contributed by atoms with Crippen molar-refractivity contribution in [3.63, 3.8) is 0 Å². The standard InChI is InChI=1S/C16H29O4/c1-12(13(17)18)9-10-15(5,6)19-20-16(7,8)11-14(2,3)4/h1,9-11H2,2-8H3. The van der Waals surface area contributed by atoms with Crippen LogP contribution in [0.4, 0.5) is 0 Å². The van der Waals surface area contributed by atoms with Crippen LogP contribution in [0.5, 0.6) is 0 Å². The molecule has 0 unspecified atom stereocenters. The first-order chi connectivity index (χ1) is 8.74. The molecule has 4 heteroatoms. The lowest BCUT2D eigenvalue weighted by atomic mass is 9.84. The zero-order chi connectivity index (χ0) is 16.2. The van der Waals surface area contributed by atoms with E-state index < -0.39 is 17.2 Å². The van der Waals surface area contributed by atoms with Gasteiger partial charge in [0.15, 0.2) is 0 Å². The van der Waals surface area contributed by atoms with E-state index in [9.17, 15) is 9.90 Å². The summed E-state index contributed by atoms with van der Waals surface area (Å²) in [6.07, 6.45) is 1.67. The van der Waals surface area contributed by atoms with Crippen LogP contribution in [0, 0.1) is 5.41 Å². The predicted molar refractivity (Wildman–Crippen MR) is 78.5 cm³/mol. The van der Waals surface area contributed by atoms with E-state index in [0.29, 0.717) is 12.8 Å². The lowest BCUT2D eigenvalue weighted by Gasteiger charge is -2.34. The molecule has 0 aromatic rings. The molecule has 0 atom stereocenters. The number of hydrogen-bond donors (Lipinski definition) is 0. The topological polar surface area (TPSA) is 55.4 Å². The molecule has 0 aliphatic heterocycles. The summed E-state index contributed by atoms with van der Waals surface area (Å²) in [6, 6.07) is 0. The van der Waals surface area contributed by atoms with Crippen molar-refractivity contribution in [2.24, 2.45) is 5.41 Å². The van der Waals surface area contributed by atoms with Gasteiger partial charge in [0.1, 0.15) is 0 Å². The van der Waals surface area contributed by atoms with Crippen molar-refractivity contribution >= 4 is 5.97 Å². The van der Waals surface area contributed by atoms with Crippen LogP contribution in [-0.4, -0.2) is 17.2 Å². The third kappa shape index (κ3) is 9.10. The maximum atomic E-state index is 10.6. The molecule has 0 bridgehead atoms. The molecule has 0 spiro atoms. The molecule has 0 amide bonds. The average Bonchev–Trinajstić information content (AvgIpc) is 2.20. The Kier molecular flexibility index (Phi) is 6.43. The van der Waals surface area contributed by atoms with Crippen LogP contribution in [-0.2, 0) is 19.7 Å². The fourth-order valence-electron chi connectivity index (χ4n) is 2.13. The molecule has 1 radical (unpaired) electrons. The minimum absolute atomic E-state index is 0.0793. The zero-order valence-electron chi connectivity index (χ0n) is 14.0. The van der Waals surface area contributed by atoms with E-state index >= 15 is 0 Å². The van der Waals surface area contributed by atoms with E-state index in [2.05, 4.69) is 27.4 Å². The highest BCUT2D eigenvalue weighted by Crippen LogP contribution is 2.31. The van der Waals surface area contributed by atoms with Gasteiger partial charge in [-0.25, -0.2) is 19.7 Å². The fourth-order valence-corrected chi connectivity index (χ4v) is 2.13. The lowest BCUT2D eigenvalue weighted by molar-refractivity contribution is -0.405. The van der Waals surface area contributed by atoms with Crippen LogP contribution in [0.25, 0.3) is 0 Å². The van der Waals surface area contributed by atoms with Gasteiger partial charge in [0.2, 0.25) is 0 Å². The zero-order valence-corrected chi connectivity index (χ0v) is 14.0. The molecule has 0 N–H and O–H groups in total. The summed E-state index contributed by atoms with van der Waals surface area (Å²) in [4.78, 5) is 21.7. The van der Waals surface area contributed by atoms with Gasteiger partial charge in [-0.1, -0.05) is 27.4 Å². The minimum Gasteiger partial charge on any atom is -0.242 e. The van der Waals surface area contributed by atoms with Gasteiger partial charge in [0.25, 0.3) is 0 Å². The highest BCUT2D eigenvalue weighted by molar-refractivity contribution is 5.85. The molecular weight excluding hydrogens is 256 g/mol. The molecule has 0 fully saturated rings. The van der Waals surface area contributed by atoms with Crippen molar-refractivity contribution in [2.45, 2.75) is 78.9 Å². The molecule has 0 saturated heterocycles. The van der Waals surface area contributed by atoms with Crippen LogP contribution in [0.1, 0.15) is 67.7 Å². The highest BCUT2D eigenvalue weighted by Gasteiger charge is 2.31. The summed E-state index contributed by atoms with van der Waals surface area (Å²) in [5, 5.41) is 10.6. The van der Waals surface area contributed by atoms with Gasteiger partial charge in [0, 0.05) is 5.57 Å². The number of hydrogen-bond acceptors (Lipinski definition) is 3. The molecule has 20 heavy (non-hydrogen) atoms. The minimum atomic E-state index is -1.21. The van der Waals surface area contributed by atoms with Crippen molar-refractivity contribution in [2.75, 3.05) is 0 Å². The van der Waals surface area contributed by atoms with Crippen molar-refractivity contribution in [3.8, 4) is 0 Å².